The van der Waals surface area contributed by atoms with Crippen LogP contribution >= 0.6 is 39.1 Å². The Bertz CT molecular complexity index is 615. The first-order valence-corrected chi connectivity index (χ1v) is 7.50. The SMILES string of the molecule is Fc1cccc(F)c1COc1c(Cl)cc(Cl)cc1CBr. The lowest BCUT2D eigenvalue weighted by molar-refractivity contribution is 0.290. The maximum Gasteiger partial charge on any atom is 0.142 e. The van der Waals surface area contributed by atoms with Crippen LogP contribution in [0.1, 0.15) is 11.1 Å². The minimum Gasteiger partial charge on any atom is -0.487 e. The fourth-order valence-electron chi connectivity index (χ4n) is 1.69. The van der Waals surface area contributed by atoms with Crippen molar-refractivity contribution in [1.82, 2.24) is 0 Å². The van der Waals surface area contributed by atoms with E-state index in [0.717, 1.165) is 0 Å². The topological polar surface area (TPSA) is 9.23 Å². The number of rotatable bonds is 4. The Morgan fingerprint density at radius 1 is 1.10 bits per heavy atom. The molecule has 6 heteroatoms. The van der Waals surface area contributed by atoms with Crippen LogP contribution in [-0.2, 0) is 11.9 Å². The van der Waals surface area contributed by atoms with Crippen molar-refractivity contribution in [1.29, 1.82) is 0 Å². The lowest BCUT2D eigenvalue weighted by Crippen LogP contribution is -2.03. The summed E-state index contributed by atoms with van der Waals surface area (Å²) in [6, 6.07) is 6.85. The van der Waals surface area contributed by atoms with E-state index < -0.39 is 11.6 Å². The summed E-state index contributed by atoms with van der Waals surface area (Å²) in [6.45, 7) is -0.250. The van der Waals surface area contributed by atoms with Crippen molar-refractivity contribution < 1.29 is 13.5 Å². The Kier molecular flexibility index (Phi) is 5.24. The predicted molar refractivity (Wildman–Crippen MR) is 79.8 cm³/mol. The van der Waals surface area contributed by atoms with E-state index >= 15 is 0 Å². The Morgan fingerprint density at radius 3 is 2.35 bits per heavy atom. The average molecular weight is 382 g/mol. The molecule has 0 saturated carbocycles. The van der Waals surface area contributed by atoms with Crippen molar-refractivity contribution in [2.24, 2.45) is 0 Å². The zero-order chi connectivity index (χ0) is 14.7. The Balaban J connectivity index is 2.27. The Hall–Kier alpha value is -0.840. The van der Waals surface area contributed by atoms with Crippen LogP contribution in [0.15, 0.2) is 30.3 Å². The molecule has 0 spiro atoms. The summed E-state index contributed by atoms with van der Waals surface area (Å²) in [5.74, 6) is -0.957. The number of hydrogen-bond donors (Lipinski definition) is 0. The van der Waals surface area contributed by atoms with E-state index in [1.54, 1.807) is 6.07 Å². The van der Waals surface area contributed by atoms with Gasteiger partial charge >= 0.3 is 0 Å². The van der Waals surface area contributed by atoms with E-state index in [2.05, 4.69) is 15.9 Å². The van der Waals surface area contributed by atoms with Gasteiger partial charge in [0.15, 0.2) is 0 Å². The molecule has 2 rings (SSSR count). The Morgan fingerprint density at radius 2 is 1.75 bits per heavy atom. The average Bonchev–Trinajstić information content (AvgIpc) is 2.39. The number of halogens is 5. The molecule has 0 aliphatic heterocycles. The largest absolute Gasteiger partial charge is 0.487 e. The quantitative estimate of drug-likeness (QED) is 0.613. The molecule has 20 heavy (non-hydrogen) atoms. The molecular weight excluding hydrogens is 373 g/mol. The lowest BCUT2D eigenvalue weighted by atomic mass is 10.2. The molecule has 0 amide bonds. The summed E-state index contributed by atoms with van der Waals surface area (Å²) in [4.78, 5) is 0. The van der Waals surface area contributed by atoms with Gasteiger partial charge in [0, 0.05) is 15.9 Å². The molecule has 0 fully saturated rings. The first kappa shape index (κ1) is 15.5. The molecule has 0 saturated heterocycles. The standard InChI is InChI=1S/C14H9BrCl2F2O/c15-6-8-4-9(16)5-11(17)14(8)20-7-10-12(18)2-1-3-13(10)19/h1-5H,6-7H2. The van der Waals surface area contributed by atoms with Crippen LogP contribution in [0, 0.1) is 11.6 Å². The zero-order valence-corrected chi connectivity index (χ0v) is 13.2. The summed E-state index contributed by atoms with van der Waals surface area (Å²) in [6.07, 6.45) is 0. The van der Waals surface area contributed by atoms with Crippen molar-refractivity contribution in [3.05, 3.63) is 63.1 Å². The van der Waals surface area contributed by atoms with Crippen molar-refractivity contribution >= 4 is 39.1 Å². The molecule has 0 heterocycles. The molecule has 0 atom stereocenters. The second-order valence-corrected chi connectivity index (χ2v) is 5.40. The normalized spacial score (nSPS) is 10.7. The molecule has 0 aliphatic carbocycles. The van der Waals surface area contributed by atoms with E-state index in [1.165, 1.54) is 24.3 Å². The molecule has 106 valence electrons. The summed E-state index contributed by atoms with van der Waals surface area (Å²) >= 11 is 15.2. The van der Waals surface area contributed by atoms with Gasteiger partial charge in [-0.15, -0.1) is 0 Å². The van der Waals surface area contributed by atoms with E-state index in [1.807, 2.05) is 0 Å². The van der Waals surface area contributed by atoms with Gasteiger partial charge in [-0.05, 0) is 24.3 Å². The van der Waals surface area contributed by atoms with Gasteiger partial charge in [0.05, 0.1) is 10.6 Å². The highest BCUT2D eigenvalue weighted by Crippen LogP contribution is 2.34. The van der Waals surface area contributed by atoms with Crippen molar-refractivity contribution in [2.75, 3.05) is 0 Å². The van der Waals surface area contributed by atoms with Crippen LogP contribution in [0.2, 0.25) is 10.0 Å². The van der Waals surface area contributed by atoms with Crippen LogP contribution in [0.4, 0.5) is 8.78 Å². The third-order valence-corrected chi connectivity index (χ3v) is 3.75. The summed E-state index contributed by atoms with van der Waals surface area (Å²) in [7, 11) is 0. The van der Waals surface area contributed by atoms with Gasteiger partial charge in [-0.3, -0.25) is 0 Å². The minimum atomic E-state index is -0.657. The molecule has 0 aromatic heterocycles. The smallest absolute Gasteiger partial charge is 0.142 e. The van der Waals surface area contributed by atoms with Crippen molar-refractivity contribution in [3.63, 3.8) is 0 Å². The van der Waals surface area contributed by atoms with Gasteiger partial charge in [-0.25, -0.2) is 8.78 Å². The molecule has 2 aromatic rings. The van der Waals surface area contributed by atoms with E-state index in [4.69, 9.17) is 27.9 Å². The summed E-state index contributed by atoms with van der Waals surface area (Å²) in [5, 5.41) is 1.22. The number of alkyl halides is 1. The molecule has 0 bridgehead atoms. The monoisotopic (exact) mass is 380 g/mol. The highest BCUT2D eigenvalue weighted by molar-refractivity contribution is 9.08. The van der Waals surface area contributed by atoms with Crippen LogP contribution < -0.4 is 4.74 Å². The zero-order valence-electron chi connectivity index (χ0n) is 10.1. The number of hydrogen-bond acceptors (Lipinski definition) is 1. The maximum atomic E-state index is 13.5. The van der Waals surface area contributed by atoms with E-state index in [9.17, 15) is 8.78 Å². The third-order valence-electron chi connectivity index (χ3n) is 2.65. The van der Waals surface area contributed by atoms with E-state index in [0.29, 0.717) is 26.7 Å². The maximum absolute atomic E-state index is 13.5. The molecule has 2 aromatic carbocycles. The highest BCUT2D eigenvalue weighted by Gasteiger charge is 2.13. The molecule has 0 aliphatic rings. The lowest BCUT2D eigenvalue weighted by Gasteiger charge is -2.13. The fraction of sp³-hybridized carbons (Fsp3) is 0.143. The second-order valence-electron chi connectivity index (χ2n) is 4.00. The fourth-order valence-corrected chi connectivity index (χ4v) is 2.70. The molecule has 0 radical (unpaired) electrons. The molecule has 0 N–H and O–H groups in total. The second kappa shape index (κ2) is 6.74. The molecule has 0 unspecified atom stereocenters. The van der Waals surface area contributed by atoms with Crippen LogP contribution in [0.25, 0.3) is 0 Å². The highest BCUT2D eigenvalue weighted by atomic mass is 79.9. The first-order chi connectivity index (χ1) is 9.52. The van der Waals surface area contributed by atoms with Gasteiger partial charge in [-0.2, -0.15) is 0 Å². The summed E-state index contributed by atoms with van der Waals surface area (Å²) in [5.41, 5.74) is 0.568. The predicted octanol–water partition coefficient (Wildman–Crippen LogP) is 5.75. The molecular formula is C14H9BrCl2F2O. The third kappa shape index (κ3) is 3.43. The first-order valence-electron chi connectivity index (χ1n) is 5.62. The van der Waals surface area contributed by atoms with Crippen molar-refractivity contribution in [3.8, 4) is 5.75 Å². The van der Waals surface area contributed by atoms with Gasteiger partial charge < -0.3 is 4.74 Å². The van der Waals surface area contributed by atoms with Gasteiger partial charge in [0.2, 0.25) is 0 Å². The van der Waals surface area contributed by atoms with Crippen LogP contribution in [-0.4, -0.2) is 0 Å². The van der Waals surface area contributed by atoms with Crippen molar-refractivity contribution in [2.45, 2.75) is 11.9 Å². The van der Waals surface area contributed by atoms with Crippen LogP contribution in [0.5, 0.6) is 5.75 Å². The van der Waals surface area contributed by atoms with Gasteiger partial charge in [0.25, 0.3) is 0 Å². The minimum absolute atomic E-state index is 0.140. The van der Waals surface area contributed by atoms with E-state index in [-0.39, 0.29) is 12.2 Å². The Labute approximate surface area is 133 Å². The van der Waals surface area contributed by atoms with Gasteiger partial charge in [0.1, 0.15) is 24.0 Å². The molecule has 1 nitrogen and oxygen atoms in total. The van der Waals surface area contributed by atoms with Gasteiger partial charge in [-0.1, -0.05) is 45.2 Å². The number of benzene rings is 2. The number of ether oxygens (including phenoxy) is 1. The summed E-state index contributed by atoms with van der Waals surface area (Å²) < 4.78 is 32.5. The van der Waals surface area contributed by atoms with Crippen LogP contribution in [0.3, 0.4) is 0 Å².